The lowest BCUT2D eigenvalue weighted by molar-refractivity contribution is -0.137. The van der Waals surface area contributed by atoms with Crippen LogP contribution in [0.4, 0.5) is 18.9 Å². The van der Waals surface area contributed by atoms with E-state index < -0.39 is 47.0 Å². The predicted octanol–water partition coefficient (Wildman–Crippen LogP) is 2.95. The Morgan fingerprint density at radius 2 is 1.66 bits per heavy atom. The SMILES string of the molecule is O=C(C1=NN[C@@H]2C(=O)N(c3ccccc3C(F)(F)F)C(=O)[C@H]12)c1ccc2ccccc2n1. The number of Topliss-reactive ketones (excluding diaryl/α,β-unsaturated/α-hetero) is 1. The van der Waals surface area contributed by atoms with Crippen LogP contribution in [0.25, 0.3) is 10.9 Å². The van der Waals surface area contributed by atoms with Crippen molar-refractivity contribution in [3.8, 4) is 0 Å². The van der Waals surface area contributed by atoms with E-state index in [0.29, 0.717) is 10.4 Å². The highest BCUT2D eigenvalue weighted by Crippen LogP contribution is 2.40. The fraction of sp³-hybridized carbons (Fsp3) is 0.136. The van der Waals surface area contributed by atoms with Gasteiger partial charge in [-0.2, -0.15) is 18.3 Å². The van der Waals surface area contributed by atoms with Gasteiger partial charge in [0, 0.05) is 5.39 Å². The van der Waals surface area contributed by atoms with Gasteiger partial charge in [-0.15, -0.1) is 0 Å². The number of aromatic nitrogens is 1. The molecule has 10 heteroatoms. The molecule has 7 nitrogen and oxygen atoms in total. The van der Waals surface area contributed by atoms with Gasteiger partial charge in [0.15, 0.2) is 0 Å². The highest BCUT2D eigenvalue weighted by atomic mass is 19.4. The normalized spacial score (nSPS) is 20.3. The second-order valence-electron chi connectivity index (χ2n) is 7.33. The maximum absolute atomic E-state index is 13.4. The lowest BCUT2D eigenvalue weighted by Crippen LogP contribution is -2.37. The number of carbonyl (C=O) groups excluding carboxylic acids is 3. The van der Waals surface area contributed by atoms with Gasteiger partial charge >= 0.3 is 6.18 Å². The lowest BCUT2D eigenvalue weighted by atomic mass is 9.94. The molecule has 5 rings (SSSR count). The van der Waals surface area contributed by atoms with Gasteiger partial charge < -0.3 is 0 Å². The first-order valence-electron chi connectivity index (χ1n) is 9.55. The minimum Gasteiger partial charge on any atom is -0.296 e. The largest absolute Gasteiger partial charge is 0.418 e. The number of imide groups is 1. The molecule has 2 atom stereocenters. The number of amides is 2. The number of alkyl halides is 3. The van der Waals surface area contributed by atoms with E-state index in [9.17, 15) is 27.6 Å². The topological polar surface area (TPSA) is 91.7 Å². The Bertz CT molecular complexity index is 1340. The van der Waals surface area contributed by atoms with E-state index >= 15 is 0 Å². The molecule has 2 amide bonds. The zero-order valence-corrected chi connectivity index (χ0v) is 16.1. The molecule has 0 saturated carbocycles. The number of para-hydroxylation sites is 2. The number of anilines is 1. The zero-order valence-electron chi connectivity index (χ0n) is 16.1. The van der Waals surface area contributed by atoms with Crippen molar-refractivity contribution < 1.29 is 27.6 Å². The van der Waals surface area contributed by atoms with Gasteiger partial charge in [0.25, 0.3) is 5.91 Å². The highest BCUT2D eigenvalue weighted by molar-refractivity contribution is 6.52. The van der Waals surface area contributed by atoms with Crippen molar-refractivity contribution in [1.82, 2.24) is 10.4 Å². The average molecular weight is 438 g/mol. The molecule has 0 unspecified atom stereocenters. The molecule has 0 aliphatic carbocycles. The van der Waals surface area contributed by atoms with Crippen LogP contribution in [0.1, 0.15) is 16.1 Å². The van der Waals surface area contributed by atoms with Gasteiger partial charge in [0.2, 0.25) is 11.7 Å². The van der Waals surface area contributed by atoms with E-state index in [0.717, 1.165) is 23.6 Å². The van der Waals surface area contributed by atoms with E-state index in [1.54, 1.807) is 18.2 Å². The summed E-state index contributed by atoms with van der Waals surface area (Å²) in [5, 5.41) is 4.66. The Morgan fingerprint density at radius 3 is 2.44 bits per heavy atom. The maximum atomic E-state index is 13.4. The minimum absolute atomic E-state index is 0.0132. The van der Waals surface area contributed by atoms with Gasteiger partial charge in [0.05, 0.1) is 16.8 Å². The van der Waals surface area contributed by atoms with Crippen LogP contribution in [0.5, 0.6) is 0 Å². The van der Waals surface area contributed by atoms with Crippen LogP contribution >= 0.6 is 0 Å². The minimum atomic E-state index is -4.77. The summed E-state index contributed by atoms with van der Waals surface area (Å²) in [6.45, 7) is 0. The number of hydrogen-bond acceptors (Lipinski definition) is 6. The van der Waals surface area contributed by atoms with Gasteiger partial charge in [-0.1, -0.05) is 36.4 Å². The molecule has 2 aliphatic heterocycles. The number of pyridine rings is 1. The van der Waals surface area contributed by atoms with Gasteiger partial charge in [-0.25, -0.2) is 9.88 Å². The number of nitrogens with one attached hydrogen (secondary N) is 1. The van der Waals surface area contributed by atoms with Crippen molar-refractivity contribution in [2.45, 2.75) is 12.2 Å². The first-order chi connectivity index (χ1) is 15.3. The average Bonchev–Trinajstić information content (AvgIpc) is 3.32. The monoisotopic (exact) mass is 438 g/mol. The summed E-state index contributed by atoms with van der Waals surface area (Å²) in [5.74, 6) is -3.88. The molecule has 2 aliphatic rings. The summed E-state index contributed by atoms with van der Waals surface area (Å²) in [5.41, 5.74) is 1.04. The molecule has 1 saturated heterocycles. The summed E-state index contributed by atoms with van der Waals surface area (Å²) in [7, 11) is 0. The molecule has 0 bridgehead atoms. The van der Waals surface area contributed by atoms with Crippen molar-refractivity contribution in [2.24, 2.45) is 11.0 Å². The van der Waals surface area contributed by atoms with Crippen LogP contribution in [-0.2, 0) is 15.8 Å². The van der Waals surface area contributed by atoms with Crippen LogP contribution in [-0.4, -0.2) is 34.3 Å². The number of hydrazone groups is 1. The number of benzene rings is 2. The van der Waals surface area contributed by atoms with Crippen LogP contribution in [0.15, 0.2) is 65.8 Å². The quantitative estimate of drug-likeness (QED) is 0.502. The molecule has 1 fully saturated rings. The smallest absolute Gasteiger partial charge is 0.296 e. The molecule has 3 aromatic rings. The first-order valence-corrected chi connectivity index (χ1v) is 9.55. The first kappa shape index (κ1) is 19.9. The second-order valence-corrected chi connectivity index (χ2v) is 7.33. The number of hydrogen-bond donors (Lipinski definition) is 1. The maximum Gasteiger partial charge on any atom is 0.418 e. The Hall–Kier alpha value is -4.08. The molecule has 2 aromatic carbocycles. The molecule has 1 aromatic heterocycles. The van der Waals surface area contributed by atoms with Crippen LogP contribution in [0.3, 0.4) is 0 Å². The van der Waals surface area contributed by atoms with E-state index in [-0.39, 0.29) is 11.4 Å². The van der Waals surface area contributed by atoms with Crippen molar-refractivity contribution in [1.29, 1.82) is 0 Å². The molecule has 0 spiro atoms. The van der Waals surface area contributed by atoms with E-state index in [2.05, 4.69) is 15.5 Å². The van der Waals surface area contributed by atoms with Crippen LogP contribution < -0.4 is 10.3 Å². The van der Waals surface area contributed by atoms with Crippen molar-refractivity contribution in [3.63, 3.8) is 0 Å². The second kappa shape index (κ2) is 6.98. The fourth-order valence-corrected chi connectivity index (χ4v) is 3.95. The van der Waals surface area contributed by atoms with Gasteiger partial charge in [0.1, 0.15) is 23.4 Å². The molecule has 32 heavy (non-hydrogen) atoms. The molecule has 1 N–H and O–H groups in total. The standard InChI is InChI=1S/C22H13F3N4O3/c23-22(24,25)12-6-2-4-8-15(12)29-20(31)16-17(27-28-18(16)21(29)32)19(30)14-10-9-11-5-1-3-7-13(11)26-14/h1-10,16,18,28H/t16-,18+/m1/s1. The van der Waals surface area contributed by atoms with Crippen molar-refractivity contribution >= 4 is 39.9 Å². The number of carbonyl (C=O) groups is 3. The van der Waals surface area contributed by atoms with E-state index in [4.69, 9.17) is 0 Å². The Balaban J connectivity index is 1.50. The fourth-order valence-electron chi connectivity index (χ4n) is 3.95. The highest BCUT2D eigenvalue weighted by Gasteiger charge is 2.56. The Labute approximate surface area is 178 Å². The number of ketones is 1. The number of nitrogens with zero attached hydrogens (tertiary/aromatic N) is 3. The van der Waals surface area contributed by atoms with Gasteiger partial charge in [-0.05, 0) is 24.3 Å². The van der Waals surface area contributed by atoms with E-state index in [1.807, 2.05) is 12.1 Å². The summed E-state index contributed by atoms with van der Waals surface area (Å²) >= 11 is 0. The summed E-state index contributed by atoms with van der Waals surface area (Å²) in [6.07, 6.45) is -4.77. The molecular weight excluding hydrogens is 425 g/mol. The van der Waals surface area contributed by atoms with Crippen LogP contribution in [0.2, 0.25) is 0 Å². The van der Waals surface area contributed by atoms with Crippen molar-refractivity contribution in [3.05, 3.63) is 71.9 Å². The molecule has 3 heterocycles. The number of halogens is 3. The van der Waals surface area contributed by atoms with Gasteiger partial charge in [-0.3, -0.25) is 19.8 Å². The Morgan fingerprint density at radius 1 is 0.938 bits per heavy atom. The predicted molar refractivity (Wildman–Crippen MR) is 108 cm³/mol. The van der Waals surface area contributed by atoms with Crippen LogP contribution in [0, 0.1) is 5.92 Å². The Kier molecular flexibility index (Phi) is 4.33. The molecule has 0 radical (unpaired) electrons. The molecule has 160 valence electrons. The zero-order chi connectivity index (χ0) is 22.6. The van der Waals surface area contributed by atoms with E-state index in [1.165, 1.54) is 12.1 Å². The number of rotatable bonds is 3. The van der Waals surface area contributed by atoms with Crippen molar-refractivity contribution in [2.75, 3.05) is 4.90 Å². The third-order valence-corrected chi connectivity index (χ3v) is 5.44. The number of fused-ring (bicyclic) bond motifs is 2. The lowest BCUT2D eigenvalue weighted by Gasteiger charge is -2.20. The third-order valence-electron chi connectivity index (χ3n) is 5.44. The summed E-state index contributed by atoms with van der Waals surface area (Å²) in [6, 6.07) is 13.3. The molecular formula is C22H13F3N4O3. The summed E-state index contributed by atoms with van der Waals surface area (Å²) < 4.78 is 40.3. The summed E-state index contributed by atoms with van der Waals surface area (Å²) in [4.78, 5) is 43.7. The third kappa shape index (κ3) is 2.95.